The van der Waals surface area contributed by atoms with Crippen LogP contribution in [0, 0.1) is 0 Å². The molecule has 0 amide bonds. The van der Waals surface area contributed by atoms with Crippen LogP contribution in [0.1, 0.15) is 13.3 Å². The van der Waals surface area contributed by atoms with Crippen molar-refractivity contribution in [1.82, 2.24) is 10.3 Å². The van der Waals surface area contributed by atoms with Gasteiger partial charge in [0.15, 0.2) is 0 Å². The fraction of sp³-hybridized carbons (Fsp3) is 0.625. The van der Waals surface area contributed by atoms with E-state index in [0.29, 0.717) is 0 Å². The van der Waals surface area contributed by atoms with Crippen molar-refractivity contribution in [2.45, 2.75) is 13.3 Å². The molecule has 0 saturated heterocycles. The average molecular weight is 153 g/mol. The van der Waals surface area contributed by atoms with Gasteiger partial charge in [0.05, 0.1) is 18.5 Å². The zero-order valence-corrected chi connectivity index (χ0v) is 7.17. The van der Waals surface area contributed by atoms with Gasteiger partial charge >= 0.3 is 0 Å². The lowest BCUT2D eigenvalue weighted by atomic mass is 10.3. The Morgan fingerprint density at radius 1 is 1.73 bits per heavy atom. The molecule has 0 aromatic rings. The normalized spacial score (nSPS) is 16.5. The highest BCUT2D eigenvalue weighted by Crippen LogP contribution is 1.99. The number of hydrazone groups is 1. The third-order valence-corrected chi connectivity index (χ3v) is 1.65. The minimum atomic E-state index is 0.931. The van der Waals surface area contributed by atoms with Crippen LogP contribution >= 0.6 is 0 Å². The third kappa shape index (κ3) is 2.26. The molecule has 0 bridgehead atoms. The van der Waals surface area contributed by atoms with E-state index in [1.807, 2.05) is 13.3 Å². The molecule has 0 aliphatic carbocycles. The number of hydrogen-bond donors (Lipinski definition) is 1. The van der Waals surface area contributed by atoms with Crippen molar-refractivity contribution < 1.29 is 0 Å². The van der Waals surface area contributed by atoms with Crippen molar-refractivity contribution in [2.75, 3.05) is 20.1 Å². The first kappa shape index (κ1) is 8.11. The highest BCUT2D eigenvalue weighted by molar-refractivity contribution is 5.78. The van der Waals surface area contributed by atoms with Gasteiger partial charge in [-0.15, -0.1) is 0 Å². The van der Waals surface area contributed by atoms with Crippen LogP contribution in [0.5, 0.6) is 0 Å². The first-order chi connectivity index (χ1) is 5.36. The summed E-state index contributed by atoms with van der Waals surface area (Å²) in [6.07, 6.45) is 5.15. The quantitative estimate of drug-likeness (QED) is 0.649. The summed E-state index contributed by atoms with van der Waals surface area (Å²) in [7, 11) is 1.91. The zero-order valence-electron chi connectivity index (χ0n) is 7.17. The molecule has 62 valence electrons. The van der Waals surface area contributed by atoms with E-state index in [2.05, 4.69) is 28.4 Å². The molecule has 3 nitrogen and oxygen atoms in total. The number of nitrogens with zero attached hydrogens (tertiary/aromatic N) is 2. The zero-order chi connectivity index (χ0) is 8.10. The second kappa shape index (κ2) is 4.01. The second-order valence-electron chi connectivity index (χ2n) is 2.57. The minimum absolute atomic E-state index is 0.931. The number of allylic oxidation sites excluding steroid dienone is 1. The first-order valence-corrected chi connectivity index (χ1v) is 4.03. The van der Waals surface area contributed by atoms with Crippen LogP contribution in [0.3, 0.4) is 0 Å². The summed E-state index contributed by atoms with van der Waals surface area (Å²) < 4.78 is 0. The maximum absolute atomic E-state index is 4.25. The molecule has 0 unspecified atom stereocenters. The van der Waals surface area contributed by atoms with Crippen LogP contribution in [0.4, 0.5) is 0 Å². The predicted octanol–water partition coefficient (Wildman–Crippen LogP) is 0.801. The summed E-state index contributed by atoms with van der Waals surface area (Å²) in [5, 5.41) is 9.36. The Balaban J connectivity index is 2.37. The topological polar surface area (TPSA) is 27.6 Å². The van der Waals surface area contributed by atoms with Gasteiger partial charge in [-0.05, 0) is 12.5 Å². The molecule has 0 spiro atoms. The van der Waals surface area contributed by atoms with Gasteiger partial charge in [-0.1, -0.05) is 6.92 Å². The second-order valence-corrected chi connectivity index (χ2v) is 2.57. The van der Waals surface area contributed by atoms with Crippen molar-refractivity contribution >= 4 is 6.21 Å². The van der Waals surface area contributed by atoms with Gasteiger partial charge in [0.2, 0.25) is 0 Å². The Kier molecular flexibility index (Phi) is 2.95. The Hall–Kier alpha value is -0.990. The van der Waals surface area contributed by atoms with Crippen LogP contribution < -0.4 is 5.32 Å². The van der Waals surface area contributed by atoms with E-state index in [0.717, 1.165) is 25.2 Å². The molecule has 0 fully saturated rings. The molecule has 0 aromatic heterocycles. The summed E-state index contributed by atoms with van der Waals surface area (Å²) in [4.78, 5) is 0. The summed E-state index contributed by atoms with van der Waals surface area (Å²) in [5.41, 5.74) is 1.11. The van der Waals surface area contributed by atoms with Crippen molar-refractivity contribution in [2.24, 2.45) is 5.10 Å². The summed E-state index contributed by atoms with van der Waals surface area (Å²) in [5.74, 6) is 0. The van der Waals surface area contributed by atoms with Gasteiger partial charge in [-0.3, -0.25) is 5.01 Å². The Morgan fingerprint density at radius 2 is 2.55 bits per heavy atom. The van der Waals surface area contributed by atoms with Crippen molar-refractivity contribution in [3.05, 3.63) is 11.8 Å². The predicted molar refractivity (Wildman–Crippen MR) is 47.5 cm³/mol. The lowest BCUT2D eigenvalue weighted by Gasteiger charge is -2.20. The standard InChI is InChI=1S/C8H15N3/c1-3-5-11-6-4-8(9-2)7-10-11/h4,7,9H,3,5-6H2,1-2H3. The fourth-order valence-electron chi connectivity index (χ4n) is 1.02. The maximum Gasteiger partial charge on any atom is 0.0699 e. The molecule has 11 heavy (non-hydrogen) atoms. The lowest BCUT2D eigenvalue weighted by molar-refractivity contribution is 0.317. The molecular formula is C8H15N3. The smallest absolute Gasteiger partial charge is 0.0699 e. The SMILES string of the molecule is CCCN1CC=C(NC)C=N1. The van der Waals surface area contributed by atoms with E-state index < -0.39 is 0 Å². The van der Waals surface area contributed by atoms with Crippen molar-refractivity contribution in [1.29, 1.82) is 0 Å². The maximum atomic E-state index is 4.25. The number of nitrogens with one attached hydrogen (secondary N) is 1. The molecule has 1 rings (SSSR count). The average Bonchev–Trinajstić information content (AvgIpc) is 2.07. The molecular weight excluding hydrogens is 138 g/mol. The number of hydrogen-bond acceptors (Lipinski definition) is 3. The molecule has 0 radical (unpaired) electrons. The molecule has 1 aliphatic heterocycles. The van der Waals surface area contributed by atoms with E-state index >= 15 is 0 Å². The van der Waals surface area contributed by atoms with Crippen LogP contribution in [-0.2, 0) is 0 Å². The van der Waals surface area contributed by atoms with E-state index in [1.54, 1.807) is 0 Å². The molecule has 3 heteroatoms. The van der Waals surface area contributed by atoms with Gasteiger partial charge in [0, 0.05) is 13.6 Å². The van der Waals surface area contributed by atoms with Crippen LogP contribution in [0.15, 0.2) is 16.9 Å². The fourth-order valence-corrected chi connectivity index (χ4v) is 1.02. The minimum Gasteiger partial charge on any atom is -0.387 e. The van der Waals surface area contributed by atoms with E-state index in [4.69, 9.17) is 0 Å². The summed E-state index contributed by atoms with van der Waals surface area (Å²) in [6, 6.07) is 0. The van der Waals surface area contributed by atoms with Crippen LogP contribution in [-0.4, -0.2) is 31.4 Å². The van der Waals surface area contributed by atoms with Crippen LogP contribution in [0.25, 0.3) is 0 Å². The molecule has 1 heterocycles. The Morgan fingerprint density at radius 3 is 3.00 bits per heavy atom. The number of rotatable bonds is 3. The highest BCUT2D eigenvalue weighted by atomic mass is 15.4. The molecule has 1 aliphatic rings. The van der Waals surface area contributed by atoms with Crippen molar-refractivity contribution in [3.8, 4) is 0 Å². The highest BCUT2D eigenvalue weighted by Gasteiger charge is 2.01. The first-order valence-electron chi connectivity index (χ1n) is 4.03. The third-order valence-electron chi connectivity index (χ3n) is 1.65. The Labute approximate surface area is 67.8 Å². The van der Waals surface area contributed by atoms with E-state index in [1.165, 1.54) is 0 Å². The van der Waals surface area contributed by atoms with Crippen LogP contribution in [0.2, 0.25) is 0 Å². The molecule has 1 N–H and O–H groups in total. The largest absolute Gasteiger partial charge is 0.387 e. The monoisotopic (exact) mass is 153 g/mol. The van der Waals surface area contributed by atoms with Gasteiger partial charge in [-0.25, -0.2) is 0 Å². The lowest BCUT2D eigenvalue weighted by Crippen LogP contribution is -2.24. The van der Waals surface area contributed by atoms with Crippen molar-refractivity contribution in [3.63, 3.8) is 0 Å². The van der Waals surface area contributed by atoms with E-state index in [9.17, 15) is 0 Å². The van der Waals surface area contributed by atoms with Gasteiger partial charge in [-0.2, -0.15) is 5.10 Å². The van der Waals surface area contributed by atoms with Gasteiger partial charge in [0.25, 0.3) is 0 Å². The molecule has 0 atom stereocenters. The summed E-state index contributed by atoms with van der Waals surface area (Å²) >= 11 is 0. The Bertz CT molecular complexity index is 172. The summed E-state index contributed by atoms with van der Waals surface area (Å²) in [6.45, 7) is 4.14. The molecule has 0 saturated carbocycles. The van der Waals surface area contributed by atoms with Gasteiger partial charge in [0.1, 0.15) is 0 Å². The van der Waals surface area contributed by atoms with E-state index in [-0.39, 0.29) is 0 Å². The molecule has 0 aromatic carbocycles. The van der Waals surface area contributed by atoms with Gasteiger partial charge < -0.3 is 5.32 Å².